The number of rotatable bonds is 7. The number of esters is 1. The molecule has 5 nitrogen and oxygen atoms in total. The highest BCUT2D eigenvalue weighted by molar-refractivity contribution is 5.93. The van der Waals surface area contributed by atoms with Crippen molar-refractivity contribution in [1.82, 2.24) is 0 Å². The smallest absolute Gasteiger partial charge is 0.338 e. The van der Waals surface area contributed by atoms with Crippen molar-refractivity contribution >= 4 is 17.6 Å². The lowest BCUT2D eigenvalue weighted by Crippen LogP contribution is -2.20. The molecule has 0 heterocycles. The second-order valence-corrected chi connectivity index (χ2v) is 5.87. The Morgan fingerprint density at radius 3 is 2.44 bits per heavy atom. The highest BCUT2D eigenvalue weighted by Crippen LogP contribution is 2.14. The van der Waals surface area contributed by atoms with Gasteiger partial charge in [0.15, 0.2) is 6.61 Å². The number of carbonyl (C=O) groups excluding carboxylic acids is 2. The first-order valence-corrected chi connectivity index (χ1v) is 8.30. The Morgan fingerprint density at radius 1 is 1.08 bits per heavy atom. The maximum Gasteiger partial charge on any atom is 0.338 e. The van der Waals surface area contributed by atoms with E-state index in [1.165, 1.54) is 0 Å². The van der Waals surface area contributed by atoms with Crippen molar-refractivity contribution in [3.05, 3.63) is 59.7 Å². The van der Waals surface area contributed by atoms with Gasteiger partial charge in [0.1, 0.15) is 5.75 Å². The number of hydrogen-bond donors (Lipinski definition) is 1. The van der Waals surface area contributed by atoms with Crippen molar-refractivity contribution in [2.24, 2.45) is 0 Å². The van der Waals surface area contributed by atoms with Crippen molar-refractivity contribution in [2.75, 3.05) is 11.9 Å². The Morgan fingerprint density at radius 2 is 1.80 bits per heavy atom. The highest BCUT2D eigenvalue weighted by Gasteiger charge is 2.10. The van der Waals surface area contributed by atoms with E-state index in [1.54, 1.807) is 38.1 Å². The first-order valence-electron chi connectivity index (χ1n) is 8.30. The summed E-state index contributed by atoms with van der Waals surface area (Å²) < 4.78 is 10.6. The molecule has 2 rings (SSSR count). The van der Waals surface area contributed by atoms with Crippen LogP contribution in [-0.2, 0) is 16.0 Å². The fourth-order valence-corrected chi connectivity index (χ4v) is 2.17. The molecule has 0 saturated carbocycles. The average Bonchev–Trinajstić information content (AvgIpc) is 2.60. The highest BCUT2D eigenvalue weighted by atomic mass is 16.5. The standard InChI is InChI=1S/C20H23NO4/c1-4-15-6-5-7-18(12-15)24-13-19(22)21-17-10-8-16(9-11-17)20(23)25-14(2)3/h5-12,14H,4,13H2,1-3H3,(H,21,22). The Kier molecular flexibility index (Phi) is 6.57. The summed E-state index contributed by atoms with van der Waals surface area (Å²) >= 11 is 0. The molecular formula is C20H23NO4. The lowest BCUT2D eigenvalue weighted by atomic mass is 10.2. The monoisotopic (exact) mass is 341 g/mol. The van der Waals surface area contributed by atoms with Crippen LogP contribution in [0, 0.1) is 0 Å². The first kappa shape index (κ1) is 18.5. The zero-order valence-corrected chi connectivity index (χ0v) is 14.7. The van der Waals surface area contributed by atoms with Crippen LogP contribution in [0.25, 0.3) is 0 Å². The maximum atomic E-state index is 12.0. The quantitative estimate of drug-likeness (QED) is 0.777. The summed E-state index contributed by atoms with van der Waals surface area (Å²) in [7, 11) is 0. The Labute approximate surface area is 148 Å². The summed E-state index contributed by atoms with van der Waals surface area (Å²) in [6.45, 7) is 5.57. The van der Waals surface area contributed by atoms with Crippen molar-refractivity contribution in [1.29, 1.82) is 0 Å². The number of ether oxygens (including phenoxy) is 2. The molecule has 1 amide bonds. The molecule has 0 saturated heterocycles. The minimum absolute atomic E-state index is 0.0791. The van der Waals surface area contributed by atoms with Crippen LogP contribution in [0.15, 0.2) is 48.5 Å². The van der Waals surface area contributed by atoms with E-state index in [0.29, 0.717) is 17.0 Å². The van der Waals surface area contributed by atoms with Crippen LogP contribution in [0.3, 0.4) is 0 Å². The second-order valence-electron chi connectivity index (χ2n) is 5.87. The van der Waals surface area contributed by atoms with E-state index in [2.05, 4.69) is 12.2 Å². The molecule has 0 aliphatic rings. The van der Waals surface area contributed by atoms with E-state index >= 15 is 0 Å². The van der Waals surface area contributed by atoms with Gasteiger partial charge in [-0.15, -0.1) is 0 Å². The minimum Gasteiger partial charge on any atom is -0.484 e. The van der Waals surface area contributed by atoms with Crippen LogP contribution in [0.5, 0.6) is 5.75 Å². The van der Waals surface area contributed by atoms with Gasteiger partial charge in [-0.25, -0.2) is 4.79 Å². The zero-order chi connectivity index (χ0) is 18.2. The Bertz CT molecular complexity index is 723. The molecule has 1 N–H and O–H groups in total. The lowest BCUT2D eigenvalue weighted by Gasteiger charge is -2.10. The zero-order valence-electron chi connectivity index (χ0n) is 14.7. The van der Waals surface area contributed by atoms with Crippen molar-refractivity contribution in [3.8, 4) is 5.75 Å². The summed E-state index contributed by atoms with van der Waals surface area (Å²) in [5, 5.41) is 2.73. The van der Waals surface area contributed by atoms with Gasteiger partial charge >= 0.3 is 5.97 Å². The molecule has 25 heavy (non-hydrogen) atoms. The molecule has 2 aromatic carbocycles. The van der Waals surface area contributed by atoms with Gasteiger partial charge in [0.2, 0.25) is 0 Å². The average molecular weight is 341 g/mol. The molecule has 132 valence electrons. The molecule has 0 aliphatic heterocycles. The summed E-state index contributed by atoms with van der Waals surface area (Å²) in [5.74, 6) is 0.0210. The molecular weight excluding hydrogens is 318 g/mol. The van der Waals surface area contributed by atoms with Gasteiger partial charge in [0, 0.05) is 5.69 Å². The van der Waals surface area contributed by atoms with Crippen LogP contribution in [-0.4, -0.2) is 24.6 Å². The SMILES string of the molecule is CCc1cccc(OCC(=O)Nc2ccc(C(=O)OC(C)C)cc2)c1. The van der Waals surface area contributed by atoms with E-state index in [0.717, 1.165) is 12.0 Å². The summed E-state index contributed by atoms with van der Waals surface area (Å²) in [4.78, 5) is 23.7. The van der Waals surface area contributed by atoms with Gasteiger partial charge in [0.05, 0.1) is 11.7 Å². The molecule has 0 fully saturated rings. The normalized spacial score (nSPS) is 10.4. The minimum atomic E-state index is -0.382. The summed E-state index contributed by atoms with van der Waals surface area (Å²) in [5.41, 5.74) is 2.19. The molecule has 0 aliphatic carbocycles. The van der Waals surface area contributed by atoms with Gasteiger partial charge in [-0.1, -0.05) is 19.1 Å². The number of nitrogens with one attached hydrogen (secondary N) is 1. The molecule has 0 aromatic heterocycles. The van der Waals surface area contributed by atoms with Crippen LogP contribution in [0.2, 0.25) is 0 Å². The number of amides is 1. The third kappa shape index (κ3) is 5.95. The van der Waals surface area contributed by atoms with E-state index in [4.69, 9.17) is 9.47 Å². The predicted molar refractivity (Wildman–Crippen MR) is 96.9 cm³/mol. The molecule has 0 atom stereocenters. The largest absolute Gasteiger partial charge is 0.484 e. The van der Waals surface area contributed by atoms with E-state index in [9.17, 15) is 9.59 Å². The number of benzene rings is 2. The van der Waals surface area contributed by atoms with Crippen LogP contribution in [0.4, 0.5) is 5.69 Å². The van der Waals surface area contributed by atoms with Gasteiger partial charge in [-0.3, -0.25) is 4.79 Å². The molecule has 0 radical (unpaired) electrons. The van der Waals surface area contributed by atoms with E-state index < -0.39 is 0 Å². The van der Waals surface area contributed by atoms with Gasteiger partial charge < -0.3 is 14.8 Å². The number of anilines is 1. The van der Waals surface area contributed by atoms with Crippen molar-refractivity contribution in [3.63, 3.8) is 0 Å². The summed E-state index contributed by atoms with van der Waals surface area (Å²) in [6.07, 6.45) is 0.741. The molecule has 0 bridgehead atoms. The van der Waals surface area contributed by atoms with Gasteiger partial charge in [-0.2, -0.15) is 0 Å². The lowest BCUT2D eigenvalue weighted by molar-refractivity contribution is -0.118. The summed E-state index contributed by atoms with van der Waals surface area (Å²) in [6, 6.07) is 14.2. The van der Waals surface area contributed by atoms with E-state index in [1.807, 2.05) is 24.3 Å². The van der Waals surface area contributed by atoms with Crippen molar-refractivity contribution < 1.29 is 19.1 Å². The first-order chi connectivity index (χ1) is 12.0. The fraction of sp³-hybridized carbons (Fsp3) is 0.300. The second kappa shape index (κ2) is 8.87. The third-order valence-electron chi connectivity index (χ3n) is 3.42. The molecule has 2 aromatic rings. The van der Waals surface area contributed by atoms with Crippen molar-refractivity contribution in [2.45, 2.75) is 33.3 Å². The fourth-order valence-electron chi connectivity index (χ4n) is 2.17. The number of hydrogen-bond acceptors (Lipinski definition) is 4. The number of carbonyl (C=O) groups is 2. The van der Waals surface area contributed by atoms with Gasteiger partial charge in [-0.05, 0) is 62.2 Å². The molecule has 0 spiro atoms. The van der Waals surface area contributed by atoms with Crippen LogP contribution >= 0.6 is 0 Å². The van der Waals surface area contributed by atoms with Gasteiger partial charge in [0.25, 0.3) is 5.91 Å². The molecule has 5 heteroatoms. The third-order valence-corrected chi connectivity index (χ3v) is 3.42. The maximum absolute atomic E-state index is 12.0. The molecule has 0 unspecified atom stereocenters. The number of aryl methyl sites for hydroxylation is 1. The van der Waals surface area contributed by atoms with Crippen LogP contribution in [0.1, 0.15) is 36.7 Å². The topological polar surface area (TPSA) is 64.6 Å². The van der Waals surface area contributed by atoms with E-state index in [-0.39, 0.29) is 24.6 Å². The Balaban J connectivity index is 1.86. The Hall–Kier alpha value is -2.82. The predicted octanol–water partition coefficient (Wildman–Crippen LogP) is 3.83. The van der Waals surface area contributed by atoms with Crippen LogP contribution < -0.4 is 10.1 Å².